The molecule has 0 saturated carbocycles. The van der Waals surface area contributed by atoms with E-state index in [1.165, 1.54) is 12.1 Å². The second-order valence-electron chi connectivity index (χ2n) is 3.25. The standard InChI is InChI=1S/C10H14FNO/c1-10(7-13,12-2)8-3-5-9(11)6-4-8/h3-6,12-13H,7H2,1-2H3. The fraction of sp³-hybridized carbons (Fsp3) is 0.400. The van der Waals surface area contributed by atoms with Gasteiger partial charge < -0.3 is 10.4 Å². The SMILES string of the molecule is CNC(C)(CO)c1ccc(F)cc1. The lowest BCUT2D eigenvalue weighted by Crippen LogP contribution is -2.40. The molecule has 1 rings (SSSR count). The molecule has 0 amide bonds. The first-order valence-electron chi connectivity index (χ1n) is 4.18. The Labute approximate surface area is 77.4 Å². The molecule has 0 bridgehead atoms. The monoisotopic (exact) mass is 183 g/mol. The second-order valence-corrected chi connectivity index (χ2v) is 3.25. The highest BCUT2D eigenvalue weighted by molar-refractivity contribution is 5.24. The average molecular weight is 183 g/mol. The molecule has 1 atom stereocenters. The van der Waals surface area contributed by atoms with Gasteiger partial charge >= 0.3 is 0 Å². The molecule has 0 aliphatic heterocycles. The van der Waals surface area contributed by atoms with Crippen LogP contribution in [0, 0.1) is 5.82 Å². The summed E-state index contributed by atoms with van der Waals surface area (Å²) in [6.45, 7) is 1.84. The molecule has 3 heteroatoms. The molecule has 72 valence electrons. The van der Waals surface area contributed by atoms with Gasteiger partial charge in [-0.2, -0.15) is 0 Å². The number of aliphatic hydroxyl groups is 1. The summed E-state index contributed by atoms with van der Waals surface area (Å²) in [6.07, 6.45) is 0. The molecule has 0 aliphatic carbocycles. The zero-order valence-corrected chi connectivity index (χ0v) is 7.84. The van der Waals surface area contributed by atoms with Crippen LogP contribution in [0.2, 0.25) is 0 Å². The number of hydrogen-bond donors (Lipinski definition) is 2. The largest absolute Gasteiger partial charge is 0.394 e. The summed E-state index contributed by atoms with van der Waals surface area (Å²) in [5, 5.41) is 12.1. The van der Waals surface area contributed by atoms with E-state index in [0.29, 0.717) is 0 Å². The van der Waals surface area contributed by atoms with Crippen molar-refractivity contribution in [1.29, 1.82) is 0 Å². The Morgan fingerprint density at radius 2 is 1.92 bits per heavy atom. The number of hydrogen-bond acceptors (Lipinski definition) is 2. The summed E-state index contributed by atoms with van der Waals surface area (Å²) >= 11 is 0. The van der Waals surface area contributed by atoms with Crippen LogP contribution in [0.1, 0.15) is 12.5 Å². The molecule has 2 N–H and O–H groups in total. The van der Waals surface area contributed by atoms with Crippen molar-refractivity contribution in [2.24, 2.45) is 0 Å². The number of aliphatic hydroxyl groups excluding tert-OH is 1. The van der Waals surface area contributed by atoms with Gasteiger partial charge in [-0.15, -0.1) is 0 Å². The maximum Gasteiger partial charge on any atom is 0.123 e. The number of likely N-dealkylation sites (N-methyl/N-ethyl adjacent to an activating group) is 1. The van der Waals surface area contributed by atoms with Gasteiger partial charge in [-0.05, 0) is 31.7 Å². The van der Waals surface area contributed by atoms with Crippen LogP contribution in [0.5, 0.6) is 0 Å². The fourth-order valence-corrected chi connectivity index (χ4v) is 1.13. The van der Waals surface area contributed by atoms with E-state index < -0.39 is 5.54 Å². The van der Waals surface area contributed by atoms with Gasteiger partial charge in [-0.1, -0.05) is 12.1 Å². The molecule has 0 spiro atoms. The van der Waals surface area contributed by atoms with Crippen LogP contribution >= 0.6 is 0 Å². The number of benzene rings is 1. The van der Waals surface area contributed by atoms with Crippen molar-refractivity contribution in [2.75, 3.05) is 13.7 Å². The first kappa shape index (κ1) is 10.2. The Bertz CT molecular complexity index is 267. The van der Waals surface area contributed by atoms with E-state index in [1.54, 1.807) is 19.2 Å². The van der Waals surface area contributed by atoms with Gasteiger partial charge in [0, 0.05) is 0 Å². The van der Waals surface area contributed by atoms with Crippen LogP contribution in [0.3, 0.4) is 0 Å². The van der Waals surface area contributed by atoms with Gasteiger partial charge in [0.1, 0.15) is 5.82 Å². The summed E-state index contributed by atoms with van der Waals surface area (Å²) in [5.41, 5.74) is 0.382. The van der Waals surface area contributed by atoms with Crippen LogP contribution in [0.15, 0.2) is 24.3 Å². The summed E-state index contributed by atoms with van der Waals surface area (Å²) in [7, 11) is 1.76. The third-order valence-electron chi connectivity index (χ3n) is 2.35. The van der Waals surface area contributed by atoms with Gasteiger partial charge in [0.15, 0.2) is 0 Å². The Hall–Kier alpha value is -0.930. The van der Waals surface area contributed by atoms with E-state index >= 15 is 0 Å². The second kappa shape index (κ2) is 3.85. The normalized spacial score (nSPS) is 15.4. The van der Waals surface area contributed by atoms with Crippen LogP contribution in [-0.2, 0) is 5.54 Å². The Kier molecular flexibility index (Phi) is 3.01. The van der Waals surface area contributed by atoms with Crippen molar-refractivity contribution in [3.63, 3.8) is 0 Å². The Morgan fingerprint density at radius 1 is 1.38 bits per heavy atom. The van der Waals surface area contributed by atoms with Crippen molar-refractivity contribution < 1.29 is 9.50 Å². The predicted octanol–water partition coefficient (Wildman–Crippen LogP) is 1.25. The van der Waals surface area contributed by atoms with Crippen molar-refractivity contribution in [2.45, 2.75) is 12.5 Å². The Morgan fingerprint density at radius 3 is 2.31 bits per heavy atom. The van der Waals surface area contributed by atoms with E-state index in [1.807, 2.05) is 6.92 Å². The maximum atomic E-state index is 12.6. The number of halogens is 1. The smallest absolute Gasteiger partial charge is 0.123 e. The van der Waals surface area contributed by atoms with E-state index in [2.05, 4.69) is 5.32 Å². The van der Waals surface area contributed by atoms with E-state index in [-0.39, 0.29) is 12.4 Å². The highest BCUT2D eigenvalue weighted by Gasteiger charge is 2.22. The summed E-state index contributed by atoms with van der Waals surface area (Å²) in [5.74, 6) is -0.264. The minimum Gasteiger partial charge on any atom is -0.394 e. The van der Waals surface area contributed by atoms with Crippen LogP contribution in [0.25, 0.3) is 0 Å². The first-order chi connectivity index (χ1) is 6.12. The van der Waals surface area contributed by atoms with Gasteiger partial charge in [-0.3, -0.25) is 0 Å². The molecule has 0 heterocycles. The zero-order valence-electron chi connectivity index (χ0n) is 7.84. The molecule has 0 aromatic heterocycles. The molecule has 1 aromatic rings. The van der Waals surface area contributed by atoms with E-state index in [4.69, 9.17) is 5.11 Å². The molecule has 0 radical (unpaired) electrons. The average Bonchev–Trinajstić information content (AvgIpc) is 2.18. The molecular weight excluding hydrogens is 169 g/mol. The van der Waals surface area contributed by atoms with Crippen LogP contribution < -0.4 is 5.32 Å². The molecular formula is C10H14FNO. The van der Waals surface area contributed by atoms with Crippen molar-refractivity contribution >= 4 is 0 Å². The molecule has 2 nitrogen and oxygen atoms in total. The van der Waals surface area contributed by atoms with E-state index in [9.17, 15) is 4.39 Å². The summed E-state index contributed by atoms with van der Waals surface area (Å²) in [6, 6.07) is 6.12. The van der Waals surface area contributed by atoms with Crippen LogP contribution in [-0.4, -0.2) is 18.8 Å². The molecule has 13 heavy (non-hydrogen) atoms. The van der Waals surface area contributed by atoms with E-state index in [0.717, 1.165) is 5.56 Å². The highest BCUT2D eigenvalue weighted by Crippen LogP contribution is 2.19. The van der Waals surface area contributed by atoms with Crippen molar-refractivity contribution in [1.82, 2.24) is 5.32 Å². The van der Waals surface area contributed by atoms with Gasteiger partial charge in [0.2, 0.25) is 0 Å². The van der Waals surface area contributed by atoms with Gasteiger partial charge in [0.25, 0.3) is 0 Å². The topological polar surface area (TPSA) is 32.3 Å². The first-order valence-corrected chi connectivity index (χ1v) is 4.18. The fourth-order valence-electron chi connectivity index (χ4n) is 1.13. The Balaban J connectivity index is 2.99. The lowest BCUT2D eigenvalue weighted by Gasteiger charge is -2.27. The zero-order chi connectivity index (χ0) is 9.90. The van der Waals surface area contributed by atoms with Crippen molar-refractivity contribution in [3.8, 4) is 0 Å². The predicted molar refractivity (Wildman–Crippen MR) is 49.9 cm³/mol. The summed E-state index contributed by atoms with van der Waals surface area (Å²) in [4.78, 5) is 0. The molecule has 0 fully saturated rings. The van der Waals surface area contributed by atoms with Crippen LogP contribution in [0.4, 0.5) is 4.39 Å². The quantitative estimate of drug-likeness (QED) is 0.739. The molecule has 1 unspecified atom stereocenters. The third kappa shape index (κ3) is 2.05. The van der Waals surface area contributed by atoms with Crippen molar-refractivity contribution in [3.05, 3.63) is 35.6 Å². The molecule has 0 saturated heterocycles. The lowest BCUT2D eigenvalue weighted by molar-refractivity contribution is 0.183. The maximum absolute atomic E-state index is 12.6. The highest BCUT2D eigenvalue weighted by atomic mass is 19.1. The number of nitrogens with one attached hydrogen (secondary N) is 1. The minimum atomic E-state index is -0.492. The summed E-state index contributed by atoms with van der Waals surface area (Å²) < 4.78 is 12.6. The van der Waals surface area contributed by atoms with Gasteiger partial charge in [-0.25, -0.2) is 4.39 Å². The lowest BCUT2D eigenvalue weighted by atomic mass is 9.93. The minimum absolute atomic E-state index is 0.0187. The molecule has 1 aromatic carbocycles. The van der Waals surface area contributed by atoms with Gasteiger partial charge in [0.05, 0.1) is 12.1 Å². The molecule has 0 aliphatic rings. The third-order valence-corrected chi connectivity index (χ3v) is 2.35. The number of rotatable bonds is 3.